The molecule has 1 aromatic rings. The molecule has 5 heteroatoms. The smallest absolute Gasteiger partial charge is 0.303 e. The van der Waals surface area contributed by atoms with Crippen LogP contribution in [0.15, 0.2) is 36.4 Å². The molecule has 0 saturated heterocycles. The van der Waals surface area contributed by atoms with Crippen LogP contribution >= 0.6 is 0 Å². The highest BCUT2D eigenvalue weighted by Gasteiger charge is 2.21. The summed E-state index contributed by atoms with van der Waals surface area (Å²) in [6.07, 6.45) is 3.70. The van der Waals surface area contributed by atoms with Gasteiger partial charge >= 0.3 is 5.97 Å². The van der Waals surface area contributed by atoms with E-state index in [2.05, 4.69) is 0 Å². The Hall–Kier alpha value is -1.85. The van der Waals surface area contributed by atoms with E-state index >= 15 is 0 Å². The molecular weight excluding hydrogens is 272 g/mol. The molecule has 5 nitrogen and oxygen atoms in total. The molecule has 0 aliphatic heterocycles. The summed E-state index contributed by atoms with van der Waals surface area (Å²) in [6, 6.07) is 7.14. The maximum atomic E-state index is 10.4. The van der Waals surface area contributed by atoms with Gasteiger partial charge in [-0.05, 0) is 18.9 Å². The summed E-state index contributed by atoms with van der Waals surface area (Å²) < 4.78 is 5.21. The van der Waals surface area contributed by atoms with Crippen molar-refractivity contribution in [1.29, 1.82) is 0 Å². The number of carbonyl (C=O) groups is 1. The molecule has 0 aliphatic rings. The van der Waals surface area contributed by atoms with Gasteiger partial charge in [0.2, 0.25) is 0 Å². The molecule has 1 rings (SSSR count). The third-order valence-corrected chi connectivity index (χ3v) is 3.27. The van der Waals surface area contributed by atoms with Gasteiger partial charge in [0, 0.05) is 24.5 Å². The molecule has 2 atom stereocenters. The molecule has 116 valence electrons. The van der Waals surface area contributed by atoms with Gasteiger partial charge in [-0.25, -0.2) is 0 Å². The van der Waals surface area contributed by atoms with E-state index in [4.69, 9.17) is 9.84 Å². The number of rotatable bonds is 9. The number of para-hydroxylation sites is 1. The first-order valence-corrected chi connectivity index (χ1v) is 6.88. The Morgan fingerprint density at radius 2 is 2.05 bits per heavy atom. The van der Waals surface area contributed by atoms with Crippen LogP contribution in [0.25, 0.3) is 0 Å². The molecule has 2 unspecified atom stereocenters. The van der Waals surface area contributed by atoms with E-state index in [1.807, 2.05) is 6.07 Å². The number of ether oxygens (including phenoxy) is 1. The number of carboxylic acid groups (broad SMARTS) is 1. The lowest BCUT2D eigenvalue weighted by atomic mass is 9.92. The van der Waals surface area contributed by atoms with Crippen LogP contribution in [0.1, 0.15) is 30.9 Å². The lowest BCUT2D eigenvalue weighted by Gasteiger charge is -2.21. The van der Waals surface area contributed by atoms with Gasteiger partial charge in [0.1, 0.15) is 5.75 Å². The number of aliphatic hydroxyl groups is 2. The fourth-order valence-corrected chi connectivity index (χ4v) is 2.06. The first-order chi connectivity index (χ1) is 10.1. The zero-order valence-corrected chi connectivity index (χ0v) is 12.1. The minimum absolute atomic E-state index is 0.0787. The molecule has 0 aliphatic carbocycles. The van der Waals surface area contributed by atoms with E-state index in [1.54, 1.807) is 30.4 Å². The van der Waals surface area contributed by atoms with E-state index in [0.29, 0.717) is 24.2 Å². The number of methoxy groups -OCH3 is 1. The third-order valence-electron chi connectivity index (χ3n) is 3.27. The first kappa shape index (κ1) is 17.2. The molecule has 3 N–H and O–H groups in total. The van der Waals surface area contributed by atoms with Crippen LogP contribution in [0.5, 0.6) is 5.75 Å². The number of allylic oxidation sites excluding steroid dienone is 2. The monoisotopic (exact) mass is 294 g/mol. The highest BCUT2D eigenvalue weighted by molar-refractivity contribution is 5.66. The van der Waals surface area contributed by atoms with Crippen LogP contribution in [0.2, 0.25) is 0 Å². The number of hydrogen-bond donors (Lipinski definition) is 3. The largest absolute Gasteiger partial charge is 0.496 e. The Kier molecular flexibility index (Phi) is 7.50. The number of aliphatic hydroxyl groups excluding tert-OH is 2. The average molecular weight is 294 g/mol. The minimum atomic E-state index is -0.840. The van der Waals surface area contributed by atoms with Gasteiger partial charge < -0.3 is 20.1 Å². The molecule has 0 spiro atoms. The van der Waals surface area contributed by atoms with Crippen molar-refractivity contribution in [1.82, 2.24) is 0 Å². The van der Waals surface area contributed by atoms with Gasteiger partial charge in [-0.15, -0.1) is 0 Å². The normalized spacial score (nSPS) is 14.0. The molecule has 1 aromatic carbocycles. The van der Waals surface area contributed by atoms with Crippen molar-refractivity contribution in [3.05, 3.63) is 42.0 Å². The van der Waals surface area contributed by atoms with E-state index in [1.165, 1.54) is 7.11 Å². The molecule has 0 aromatic heterocycles. The average Bonchev–Trinajstić information content (AvgIpc) is 2.50. The number of carboxylic acids is 1. The lowest BCUT2D eigenvalue weighted by molar-refractivity contribution is -0.136. The Morgan fingerprint density at radius 1 is 1.33 bits per heavy atom. The summed E-state index contributed by atoms with van der Waals surface area (Å²) in [5.74, 6) is -0.618. The van der Waals surface area contributed by atoms with Crippen molar-refractivity contribution in [2.75, 3.05) is 13.7 Å². The second-order valence-electron chi connectivity index (χ2n) is 4.77. The maximum absolute atomic E-state index is 10.4. The van der Waals surface area contributed by atoms with Gasteiger partial charge in [0.05, 0.1) is 13.2 Å². The van der Waals surface area contributed by atoms with Crippen LogP contribution in [-0.2, 0) is 4.79 Å². The van der Waals surface area contributed by atoms with Gasteiger partial charge in [-0.2, -0.15) is 0 Å². The van der Waals surface area contributed by atoms with Crippen LogP contribution in [0.3, 0.4) is 0 Å². The fraction of sp³-hybridized carbons (Fsp3) is 0.438. The van der Waals surface area contributed by atoms with Crippen molar-refractivity contribution >= 4 is 5.97 Å². The summed E-state index contributed by atoms with van der Waals surface area (Å²) >= 11 is 0. The number of hydrogen-bond acceptors (Lipinski definition) is 4. The predicted molar refractivity (Wildman–Crippen MR) is 79.2 cm³/mol. The van der Waals surface area contributed by atoms with Crippen molar-refractivity contribution < 1.29 is 24.9 Å². The Bertz CT molecular complexity index is 469. The van der Waals surface area contributed by atoms with Crippen molar-refractivity contribution in [3.63, 3.8) is 0 Å². The molecule has 0 radical (unpaired) electrons. The Morgan fingerprint density at radius 3 is 2.67 bits per heavy atom. The molecule has 0 saturated carbocycles. The predicted octanol–water partition coefficient (Wildman–Crippen LogP) is 2.15. The molecule has 0 heterocycles. The zero-order chi connectivity index (χ0) is 15.7. The maximum Gasteiger partial charge on any atom is 0.303 e. The second kappa shape index (κ2) is 9.15. The minimum Gasteiger partial charge on any atom is -0.496 e. The summed E-state index contributed by atoms with van der Waals surface area (Å²) in [5, 5.41) is 28.3. The second-order valence-corrected chi connectivity index (χ2v) is 4.77. The van der Waals surface area contributed by atoms with Gasteiger partial charge in [0.25, 0.3) is 0 Å². The van der Waals surface area contributed by atoms with Crippen molar-refractivity contribution in [2.24, 2.45) is 5.92 Å². The summed E-state index contributed by atoms with van der Waals surface area (Å²) in [7, 11) is 1.53. The molecule has 0 fully saturated rings. The van der Waals surface area contributed by atoms with E-state index < -0.39 is 12.1 Å². The standard InChI is InChI=1S/C16H22O5/c1-21-14-9-6-5-8-13(14)16(20)12(11-17)7-3-2-4-10-15(18)19/h2-3,5-6,8-9,12,16-17,20H,4,7,10-11H2,1H3,(H,18,19)/b3-2+. The van der Waals surface area contributed by atoms with Crippen molar-refractivity contribution in [3.8, 4) is 5.75 Å². The van der Waals surface area contributed by atoms with E-state index in [0.717, 1.165) is 0 Å². The van der Waals surface area contributed by atoms with Crippen molar-refractivity contribution in [2.45, 2.75) is 25.4 Å². The van der Waals surface area contributed by atoms with Gasteiger partial charge in [-0.3, -0.25) is 4.79 Å². The Balaban J connectivity index is 2.64. The van der Waals surface area contributed by atoms with Gasteiger partial charge in [-0.1, -0.05) is 30.4 Å². The summed E-state index contributed by atoms with van der Waals surface area (Å²) in [5.41, 5.74) is 0.637. The SMILES string of the molecule is COc1ccccc1C(O)C(CO)C/C=C/CCC(=O)O. The zero-order valence-electron chi connectivity index (χ0n) is 12.1. The summed E-state index contributed by atoms with van der Waals surface area (Å²) in [4.78, 5) is 10.4. The first-order valence-electron chi connectivity index (χ1n) is 6.88. The lowest BCUT2D eigenvalue weighted by Crippen LogP contribution is -2.16. The molecule has 21 heavy (non-hydrogen) atoms. The Labute approximate surface area is 124 Å². The molecule has 0 bridgehead atoms. The topological polar surface area (TPSA) is 87.0 Å². The highest BCUT2D eigenvalue weighted by Crippen LogP contribution is 2.31. The quantitative estimate of drug-likeness (QED) is 0.607. The number of aliphatic carboxylic acids is 1. The fourth-order valence-electron chi connectivity index (χ4n) is 2.06. The van der Waals surface area contributed by atoms with E-state index in [9.17, 15) is 15.0 Å². The van der Waals surface area contributed by atoms with Crippen LogP contribution in [0, 0.1) is 5.92 Å². The van der Waals surface area contributed by atoms with Gasteiger partial charge in [0.15, 0.2) is 0 Å². The van der Waals surface area contributed by atoms with Crippen LogP contribution in [0.4, 0.5) is 0 Å². The molecular formula is C16H22O5. The van der Waals surface area contributed by atoms with E-state index in [-0.39, 0.29) is 18.9 Å². The third kappa shape index (κ3) is 5.57. The van der Waals surface area contributed by atoms with Crippen LogP contribution in [-0.4, -0.2) is 35.0 Å². The van der Waals surface area contributed by atoms with Crippen LogP contribution < -0.4 is 4.74 Å². The molecule has 0 amide bonds. The highest BCUT2D eigenvalue weighted by atomic mass is 16.5. The number of benzene rings is 1. The summed E-state index contributed by atoms with van der Waals surface area (Å²) in [6.45, 7) is -0.164.